The predicted molar refractivity (Wildman–Crippen MR) is 55.7 cm³/mol. The summed E-state index contributed by atoms with van der Waals surface area (Å²) in [5, 5.41) is 4.48. The summed E-state index contributed by atoms with van der Waals surface area (Å²) in [5.74, 6) is -0.399. The Hall–Kier alpha value is -1.47. The highest BCUT2D eigenvalue weighted by atomic mass is 19.4. The maximum Gasteiger partial charge on any atom is 0.405 e. The predicted octanol–water partition coefficient (Wildman–Crippen LogP) is 0.469. The fraction of sp³-hybridized carbons (Fsp3) is 0.800. The molecule has 2 fully saturated rings. The van der Waals surface area contributed by atoms with Gasteiger partial charge in [-0.2, -0.15) is 13.2 Å². The number of halogens is 3. The van der Waals surface area contributed by atoms with Crippen LogP contribution in [-0.2, 0) is 4.79 Å². The Balaban J connectivity index is 1.95. The van der Waals surface area contributed by atoms with Gasteiger partial charge in [-0.3, -0.25) is 4.79 Å². The molecule has 0 aromatic rings. The Labute approximate surface area is 102 Å². The maximum absolute atomic E-state index is 12.0. The first-order valence-corrected chi connectivity index (χ1v) is 5.77. The van der Waals surface area contributed by atoms with Gasteiger partial charge in [0.1, 0.15) is 6.54 Å². The summed E-state index contributed by atoms with van der Waals surface area (Å²) in [6, 6.07) is -1.07. The zero-order valence-corrected chi connectivity index (χ0v) is 9.59. The Bertz CT molecular complexity index is 359. The van der Waals surface area contributed by atoms with Crippen molar-refractivity contribution in [3.05, 3.63) is 0 Å². The third kappa shape index (κ3) is 2.68. The van der Waals surface area contributed by atoms with Crippen molar-refractivity contribution in [1.29, 1.82) is 0 Å². The minimum atomic E-state index is -4.42. The number of fused-ring (bicyclic) bond motifs is 1. The number of piperidine rings is 1. The zero-order chi connectivity index (χ0) is 13.3. The molecule has 2 saturated heterocycles. The molecule has 102 valence electrons. The number of rotatable bonds is 1. The lowest BCUT2D eigenvalue weighted by molar-refractivity contribution is -0.125. The Kier molecular flexibility index (Phi) is 3.36. The number of hydrogen-bond acceptors (Lipinski definition) is 2. The Morgan fingerprint density at radius 3 is 2.89 bits per heavy atom. The first-order valence-electron chi connectivity index (χ1n) is 5.77. The average molecular weight is 265 g/mol. The van der Waals surface area contributed by atoms with Crippen LogP contribution in [0, 0.1) is 5.92 Å². The van der Waals surface area contributed by atoms with E-state index in [9.17, 15) is 22.8 Å². The van der Waals surface area contributed by atoms with Gasteiger partial charge in [0.25, 0.3) is 0 Å². The van der Waals surface area contributed by atoms with Gasteiger partial charge >= 0.3 is 12.2 Å². The molecule has 8 heteroatoms. The van der Waals surface area contributed by atoms with Crippen molar-refractivity contribution in [2.24, 2.45) is 5.92 Å². The fourth-order valence-corrected chi connectivity index (χ4v) is 2.48. The van der Waals surface area contributed by atoms with E-state index in [1.54, 1.807) is 0 Å². The van der Waals surface area contributed by atoms with Crippen LogP contribution in [0.4, 0.5) is 18.0 Å². The van der Waals surface area contributed by atoms with Crippen LogP contribution in [0.1, 0.15) is 12.8 Å². The van der Waals surface area contributed by atoms with Crippen molar-refractivity contribution >= 4 is 11.9 Å². The molecular formula is C10H14F3N3O2. The third-order valence-electron chi connectivity index (χ3n) is 3.30. The van der Waals surface area contributed by atoms with Crippen LogP contribution in [0.15, 0.2) is 0 Å². The number of hydrogen-bond donors (Lipinski definition) is 2. The first-order chi connectivity index (χ1) is 8.38. The molecular weight excluding hydrogens is 251 g/mol. The molecule has 0 radical (unpaired) electrons. The quantitative estimate of drug-likeness (QED) is 0.724. The summed E-state index contributed by atoms with van der Waals surface area (Å²) in [7, 11) is 0. The second-order valence-electron chi connectivity index (χ2n) is 4.53. The van der Waals surface area contributed by atoms with Gasteiger partial charge in [0.05, 0.1) is 12.0 Å². The zero-order valence-electron chi connectivity index (χ0n) is 9.59. The molecule has 18 heavy (non-hydrogen) atoms. The van der Waals surface area contributed by atoms with Gasteiger partial charge in [0.15, 0.2) is 0 Å². The number of carbonyl (C=O) groups excluding carboxylic acids is 2. The monoisotopic (exact) mass is 265 g/mol. The highest BCUT2D eigenvalue weighted by Gasteiger charge is 2.43. The van der Waals surface area contributed by atoms with E-state index in [-0.39, 0.29) is 17.9 Å². The molecule has 2 heterocycles. The second kappa shape index (κ2) is 4.66. The first kappa shape index (κ1) is 13.0. The van der Waals surface area contributed by atoms with E-state index < -0.39 is 18.8 Å². The highest BCUT2D eigenvalue weighted by molar-refractivity contribution is 5.84. The molecule has 2 aliphatic heterocycles. The van der Waals surface area contributed by atoms with E-state index in [1.165, 1.54) is 4.90 Å². The normalized spacial score (nSPS) is 27.7. The molecule has 0 aliphatic carbocycles. The molecule has 2 N–H and O–H groups in total. The summed E-state index contributed by atoms with van der Waals surface area (Å²) >= 11 is 0. The van der Waals surface area contributed by atoms with E-state index in [1.807, 2.05) is 5.32 Å². The van der Waals surface area contributed by atoms with Crippen LogP contribution in [0.5, 0.6) is 0 Å². The number of nitrogens with one attached hydrogen (secondary N) is 2. The van der Waals surface area contributed by atoms with Crippen LogP contribution >= 0.6 is 0 Å². The van der Waals surface area contributed by atoms with Crippen LogP contribution in [0.3, 0.4) is 0 Å². The van der Waals surface area contributed by atoms with E-state index in [4.69, 9.17) is 0 Å². The lowest BCUT2D eigenvalue weighted by Crippen LogP contribution is -2.53. The summed E-state index contributed by atoms with van der Waals surface area (Å²) in [6.07, 6.45) is -3.11. The van der Waals surface area contributed by atoms with E-state index in [0.717, 1.165) is 0 Å². The van der Waals surface area contributed by atoms with Gasteiger partial charge < -0.3 is 15.5 Å². The molecule has 5 nitrogen and oxygen atoms in total. The molecule has 0 spiro atoms. The molecule has 2 rings (SSSR count). The number of nitrogens with zero attached hydrogens (tertiary/aromatic N) is 1. The lowest BCUT2D eigenvalue weighted by Gasteiger charge is -2.35. The minimum absolute atomic E-state index is 0.117. The van der Waals surface area contributed by atoms with Crippen molar-refractivity contribution in [1.82, 2.24) is 15.5 Å². The highest BCUT2D eigenvalue weighted by Crippen LogP contribution is 2.27. The third-order valence-corrected chi connectivity index (χ3v) is 3.30. The molecule has 0 bridgehead atoms. The number of likely N-dealkylation sites (tertiary alicyclic amines) is 1. The summed E-state index contributed by atoms with van der Waals surface area (Å²) < 4.78 is 36.0. The number of amides is 3. The van der Waals surface area contributed by atoms with Crippen LogP contribution in [0.25, 0.3) is 0 Å². The van der Waals surface area contributed by atoms with Gasteiger partial charge in [-0.15, -0.1) is 0 Å². The number of alkyl halides is 3. The number of carbonyl (C=O) groups is 2. The van der Waals surface area contributed by atoms with Gasteiger partial charge in [-0.25, -0.2) is 4.79 Å². The van der Waals surface area contributed by atoms with Gasteiger partial charge in [0, 0.05) is 13.1 Å². The molecule has 0 aromatic carbocycles. The van der Waals surface area contributed by atoms with Crippen molar-refractivity contribution in [3.63, 3.8) is 0 Å². The Morgan fingerprint density at radius 1 is 1.50 bits per heavy atom. The standard InChI is InChI=1S/C10H14F3N3O2/c11-10(12,13)5-15-9(18)16-3-1-2-6-7(16)4-14-8(6)17/h6-7H,1-5H2,(H,14,17)(H,15,18). The van der Waals surface area contributed by atoms with Gasteiger partial charge in [-0.05, 0) is 12.8 Å². The molecule has 3 amide bonds. The lowest BCUT2D eigenvalue weighted by atomic mass is 9.92. The largest absolute Gasteiger partial charge is 0.405 e. The van der Waals surface area contributed by atoms with Crippen LogP contribution < -0.4 is 10.6 Å². The maximum atomic E-state index is 12.0. The summed E-state index contributed by atoms with van der Waals surface area (Å²) in [5.41, 5.74) is 0. The smallest absolute Gasteiger partial charge is 0.354 e. The van der Waals surface area contributed by atoms with E-state index in [2.05, 4.69) is 5.32 Å². The van der Waals surface area contributed by atoms with Crippen LogP contribution in [-0.4, -0.2) is 48.7 Å². The number of urea groups is 1. The van der Waals surface area contributed by atoms with Crippen LogP contribution in [0.2, 0.25) is 0 Å². The van der Waals surface area contributed by atoms with Crippen molar-refractivity contribution in [2.75, 3.05) is 19.6 Å². The van der Waals surface area contributed by atoms with Gasteiger partial charge in [0.2, 0.25) is 5.91 Å². The second-order valence-corrected chi connectivity index (χ2v) is 4.53. The SMILES string of the molecule is O=C1NCC2C1CCCN2C(=O)NCC(F)(F)F. The van der Waals surface area contributed by atoms with Crippen molar-refractivity contribution in [2.45, 2.75) is 25.1 Å². The van der Waals surface area contributed by atoms with Crippen molar-refractivity contribution < 1.29 is 22.8 Å². The Morgan fingerprint density at radius 2 is 2.22 bits per heavy atom. The molecule has 0 aromatic heterocycles. The topological polar surface area (TPSA) is 61.4 Å². The molecule has 2 aliphatic rings. The van der Waals surface area contributed by atoms with E-state index in [0.29, 0.717) is 25.9 Å². The van der Waals surface area contributed by atoms with Crippen molar-refractivity contribution in [3.8, 4) is 0 Å². The summed E-state index contributed by atoms with van der Waals surface area (Å²) in [6.45, 7) is -0.635. The van der Waals surface area contributed by atoms with Gasteiger partial charge in [-0.1, -0.05) is 0 Å². The molecule has 2 unspecified atom stereocenters. The molecule has 0 saturated carbocycles. The van der Waals surface area contributed by atoms with E-state index >= 15 is 0 Å². The minimum Gasteiger partial charge on any atom is -0.354 e. The fourth-order valence-electron chi connectivity index (χ4n) is 2.48. The average Bonchev–Trinajstić information content (AvgIpc) is 2.67. The molecule has 2 atom stereocenters. The summed E-state index contributed by atoms with van der Waals surface area (Å²) in [4.78, 5) is 24.4.